The van der Waals surface area contributed by atoms with E-state index in [4.69, 9.17) is 29.6 Å². The predicted octanol–water partition coefficient (Wildman–Crippen LogP) is 2.15. The van der Waals surface area contributed by atoms with Crippen LogP contribution in [0, 0.1) is 0 Å². The van der Waals surface area contributed by atoms with Gasteiger partial charge in [-0.1, -0.05) is 36.3 Å². The summed E-state index contributed by atoms with van der Waals surface area (Å²) in [5, 5.41) is 0.163. The first-order chi connectivity index (χ1) is 8.93. The summed E-state index contributed by atoms with van der Waals surface area (Å²) in [5.41, 5.74) is 6.06. The second kappa shape index (κ2) is 5.75. The number of nitrogens with two attached hydrogens (primary N) is 1. The van der Waals surface area contributed by atoms with Crippen LogP contribution in [0.15, 0.2) is 23.1 Å². The number of piperidine rings is 1. The highest BCUT2D eigenvalue weighted by molar-refractivity contribution is 7.89. The highest BCUT2D eigenvalue weighted by atomic mass is 35.5. The maximum absolute atomic E-state index is 12.5. The van der Waals surface area contributed by atoms with E-state index in [9.17, 15) is 8.42 Å². The molecule has 1 aliphatic rings. The monoisotopic (exact) mass is 318 g/mol. The fourth-order valence-corrected chi connectivity index (χ4v) is 4.27. The van der Waals surface area contributed by atoms with Crippen molar-refractivity contribution in [3.63, 3.8) is 0 Å². The quantitative estimate of drug-likeness (QED) is 0.867. The van der Waals surface area contributed by atoms with Crippen molar-refractivity contribution in [3.8, 4) is 0 Å². The Morgan fingerprint density at radius 1 is 1.26 bits per heavy atom. The largest absolute Gasteiger partial charge is 0.389 e. The molecule has 2 rings (SSSR count). The van der Waals surface area contributed by atoms with Gasteiger partial charge >= 0.3 is 0 Å². The Morgan fingerprint density at radius 3 is 2.42 bits per heavy atom. The molecule has 0 aliphatic carbocycles. The Bertz CT molecular complexity index is 596. The Morgan fingerprint density at radius 2 is 1.89 bits per heavy atom. The van der Waals surface area contributed by atoms with Gasteiger partial charge in [-0.15, -0.1) is 0 Å². The van der Waals surface area contributed by atoms with Gasteiger partial charge in [-0.2, -0.15) is 4.31 Å². The Balaban J connectivity index is 2.37. The lowest BCUT2D eigenvalue weighted by molar-refractivity contribution is 0.346. The topological polar surface area (TPSA) is 63.4 Å². The normalized spacial score (nSPS) is 17.3. The molecule has 0 aromatic heterocycles. The van der Waals surface area contributed by atoms with E-state index in [1.165, 1.54) is 16.4 Å². The first-order valence-electron chi connectivity index (χ1n) is 6.02. The Labute approximate surface area is 123 Å². The molecule has 0 amide bonds. The number of benzene rings is 1. The highest BCUT2D eigenvalue weighted by Crippen LogP contribution is 2.27. The van der Waals surface area contributed by atoms with E-state index in [1.807, 2.05) is 0 Å². The Kier molecular flexibility index (Phi) is 4.45. The van der Waals surface area contributed by atoms with Crippen LogP contribution in [0.3, 0.4) is 0 Å². The van der Waals surface area contributed by atoms with E-state index in [2.05, 4.69) is 0 Å². The van der Waals surface area contributed by atoms with Crippen molar-refractivity contribution in [1.82, 2.24) is 4.31 Å². The van der Waals surface area contributed by atoms with E-state index >= 15 is 0 Å². The van der Waals surface area contributed by atoms with E-state index < -0.39 is 10.0 Å². The summed E-state index contributed by atoms with van der Waals surface area (Å²) >= 11 is 10.9. The van der Waals surface area contributed by atoms with Crippen LogP contribution in [0.4, 0.5) is 0 Å². The molecule has 7 heteroatoms. The second-order valence-corrected chi connectivity index (χ2v) is 7.23. The van der Waals surface area contributed by atoms with Gasteiger partial charge in [0.1, 0.15) is 9.88 Å². The SMILES string of the molecule is NC(=S)c1ccc(S(=O)(=O)N2CCCCC2)c(Cl)c1. The molecule has 1 aromatic rings. The maximum Gasteiger partial charge on any atom is 0.244 e. The van der Waals surface area contributed by atoms with E-state index in [1.54, 1.807) is 6.07 Å². The lowest BCUT2D eigenvalue weighted by Gasteiger charge is -2.26. The number of sulfonamides is 1. The van der Waals surface area contributed by atoms with Crippen molar-refractivity contribution in [2.75, 3.05) is 13.1 Å². The van der Waals surface area contributed by atoms with Gasteiger partial charge in [0.05, 0.1) is 5.02 Å². The molecule has 2 N–H and O–H groups in total. The minimum absolute atomic E-state index is 0.121. The number of halogens is 1. The predicted molar refractivity (Wildman–Crippen MR) is 79.9 cm³/mol. The van der Waals surface area contributed by atoms with E-state index in [0.29, 0.717) is 18.7 Å². The first-order valence-corrected chi connectivity index (χ1v) is 8.25. The third kappa shape index (κ3) is 3.08. The van der Waals surface area contributed by atoms with E-state index in [0.717, 1.165) is 19.3 Å². The van der Waals surface area contributed by atoms with Crippen molar-refractivity contribution < 1.29 is 8.42 Å². The summed E-state index contributed by atoms with van der Waals surface area (Å²) in [7, 11) is -3.52. The summed E-state index contributed by atoms with van der Waals surface area (Å²) in [6.45, 7) is 1.10. The van der Waals surface area contributed by atoms with Crippen molar-refractivity contribution >= 4 is 38.8 Å². The average molecular weight is 319 g/mol. The summed E-state index contributed by atoms with van der Waals surface area (Å²) in [5.74, 6) is 0. The average Bonchev–Trinajstić information content (AvgIpc) is 2.39. The minimum atomic E-state index is -3.52. The molecule has 1 saturated heterocycles. The number of hydrogen-bond acceptors (Lipinski definition) is 3. The second-order valence-electron chi connectivity index (χ2n) is 4.47. The number of nitrogens with zero attached hydrogens (tertiary/aromatic N) is 1. The zero-order valence-electron chi connectivity index (χ0n) is 10.3. The summed E-state index contributed by atoms with van der Waals surface area (Å²) < 4.78 is 26.4. The van der Waals surface area contributed by atoms with Crippen LogP contribution < -0.4 is 5.73 Å². The van der Waals surface area contributed by atoms with Crippen LogP contribution in [0.2, 0.25) is 5.02 Å². The smallest absolute Gasteiger partial charge is 0.244 e. The van der Waals surface area contributed by atoms with Gasteiger partial charge < -0.3 is 5.73 Å². The number of thiocarbonyl (C=S) groups is 1. The molecule has 0 radical (unpaired) electrons. The van der Waals surface area contributed by atoms with Crippen LogP contribution >= 0.6 is 23.8 Å². The maximum atomic E-state index is 12.5. The molecule has 104 valence electrons. The van der Waals surface area contributed by atoms with Gasteiger partial charge in [0, 0.05) is 18.7 Å². The molecule has 1 heterocycles. The molecule has 4 nitrogen and oxygen atoms in total. The number of rotatable bonds is 3. The summed E-state index contributed by atoms with van der Waals surface area (Å²) in [4.78, 5) is 0.319. The van der Waals surface area contributed by atoms with Crippen molar-refractivity contribution in [3.05, 3.63) is 28.8 Å². The van der Waals surface area contributed by atoms with Crippen molar-refractivity contribution in [2.24, 2.45) is 5.73 Å². The fraction of sp³-hybridized carbons (Fsp3) is 0.417. The lowest BCUT2D eigenvalue weighted by atomic mass is 10.2. The third-order valence-electron chi connectivity index (χ3n) is 3.15. The van der Waals surface area contributed by atoms with Gasteiger partial charge in [-0.05, 0) is 25.0 Å². The van der Waals surface area contributed by atoms with Crippen LogP contribution in [0.1, 0.15) is 24.8 Å². The number of hydrogen-bond donors (Lipinski definition) is 1. The standard InChI is InChI=1S/C12H15ClN2O2S2/c13-10-8-9(12(14)18)4-5-11(10)19(16,17)15-6-2-1-3-7-15/h4-5,8H,1-3,6-7H2,(H2,14,18). The molecule has 19 heavy (non-hydrogen) atoms. The van der Waals surface area contributed by atoms with Crippen molar-refractivity contribution in [1.29, 1.82) is 0 Å². The third-order valence-corrected chi connectivity index (χ3v) is 5.77. The molecule has 1 aliphatic heterocycles. The molecule has 0 unspecified atom stereocenters. The van der Waals surface area contributed by atoms with Gasteiger partial charge in [0.15, 0.2) is 0 Å². The van der Waals surface area contributed by atoms with Crippen LogP contribution in [-0.2, 0) is 10.0 Å². The zero-order valence-corrected chi connectivity index (χ0v) is 12.7. The van der Waals surface area contributed by atoms with Gasteiger partial charge in [-0.3, -0.25) is 0 Å². The molecule has 0 atom stereocenters. The fourth-order valence-electron chi connectivity index (χ4n) is 2.11. The summed E-state index contributed by atoms with van der Waals surface area (Å²) in [6, 6.07) is 4.56. The van der Waals surface area contributed by atoms with E-state index in [-0.39, 0.29) is 14.9 Å². The van der Waals surface area contributed by atoms with Gasteiger partial charge in [-0.25, -0.2) is 8.42 Å². The van der Waals surface area contributed by atoms with Crippen LogP contribution in [0.5, 0.6) is 0 Å². The molecule has 1 aromatic carbocycles. The van der Waals surface area contributed by atoms with Crippen LogP contribution in [0.25, 0.3) is 0 Å². The molecule has 0 saturated carbocycles. The first kappa shape index (κ1) is 14.7. The van der Waals surface area contributed by atoms with Crippen LogP contribution in [-0.4, -0.2) is 30.8 Å². The van der Waals surface area contributed by atoms with Crippen molar-refractivity contribution in [2.45, 2.75) is 24.2 Å². The molecular formula is C12H15ClN2O2S2. The molecule has 1 fully saturated rings. The highest BCUT2D eigenvalue weighted by Gasteiger charge is 2.27. The van der Waals surface area contributed by atoms with Gasteiger partial charge in [0.25, 0.3) is 0 Å². The minimum Gasteiger partial charge on any atom is -0.389 e. The molecule has 0 spiro atoms. The molecule has 0 bridgehead atoms. The van der Waals surface area contributed by atoms with Gasteiger partial charge in [0.2, 0.25) is 10.0 Å². The summed E-state index contributed by atoms with van der Waals surface area (Å²) in [6.07, 6.45) is 2.85. The molecular weight excluding hydrogens is 304 g/mol. The zero-order chi connectivity index (χ0) is 14.0. The lowest BCUT2D eigenvalue weighted by Crippen LogP contribution is -2.35. The Hall–Kier alpha value is -0.690.